The highest BCUT2D eigenvalue weighted by molar-refractivity contribution is 5.98. The van der Waals surface area contributed by atoms with Gasteiger partial charge in [0.25, 0.3) is 5.91 Å². The van der Waals surface area contributed by atoms with Crippen LogP contribution in [-0.2, 0) is 11.3 Å². The van der Waals surface area contributed by atoms with E-state index in [2.05, 4.69) is 15.6 Å². The molecule has 0 radical (unpaired) electrons. The van der Waals surface area contributed by atoms with E-state index in [4.69, 9.17) is 4.74 Å². The van der Waals surface area contributed by atoms with Crippen molar-refractivity contribution in [1.29, 1.82) is 0 Å². The molecular weight excluding hydrogens is 458 g/mol. The van der Waals surface area contributed by atoms with Gasteiger partial charge in [0.2, 0.25) is 6.41 Å². The molecule has 182 valence electrons. The molecule has 4 amide bonds. The van der Waals surface area contributed by atoms with E-state index in [9.17, 15) is 14.4 Å². The van der Waals surface area contributed by atoms with Crippen LogP contribution in [0.1, 0.15) is 33.2 Å². The monoisotopic (exact) mass is 483 g/mol. The van der Waals surface area contributed by atoms with Crippen molar-refractivity contribution in [3.63, 3.8) is 0 Å². The van der Waals surface area contributed by atoms with E-state index in [0.29, 0.717) is 24.3 Å². The fourth-order valence-electron chi connectivity index (χ4n) is 4.52. The third-order valence-electron chi connectivity index (χ3n) is 6.31. The number of rotatable bonds is 7. The maximum absolute atomic E-state index is 13.1. The summed E-state index contributed by atoms with van der Waals surface area (Å²) in [5.41, 5.74) is 6.15. The van der Waals surface area contributed by atoms with Gasteiger partial charge in [0.05, 0.1) is 18.8 Å². The van der Waals surface area contributed by atoms with Crippen molar-refractivity contribution >= 4 is 24.0 Å². The van der Waals surface area contributed by atoms with Gasteiger partial charge in [-0.05, 0) is 53.4 Å². The van der Waals surface area contributed by atoms with Crippen LogP contribution in [0.3, 0.4) is 0 Å². The number of ether oxygens (including phenoxy) is 1. The van der Waals surface area contributed by atoms with Gasteiger partial charge in [0.1, 0.15) is 11.4 Å². The van der Waals surface area contributed by atoms with Gasteiger partial charge in [-0.2, -0.15) is 0 Å². The first kappa shape index (κ1) is 23.1. The fourth-order valence-corrected chi connectivity index (χ4v) is 4.52. The zero-order chi connectivity index (χ0) is 25.2. The lowest BCUT2D eigenvalue weighted by molar-refractivity contribution is -0.108. The Hall–Kier alpha value is -4.66. The number of methoxy groups -OCH3 is 1. The Bertz CT molecular complexity index is 1460. The van der Waals surface area contributed by atoms with Crippen LogP contribution in [0.15, 0.2) is 67.0 Å². The second kappa shape index (κ2) is 9.53. The SMILES string of the molecule is COc1ccc2c(c1)C(=O)N(C[C@H](NC(=O)NC=O)c1ccc(-c3ccc4nc(C)cn4c3)cc1)C2. The number of imide groups is 1. The molecule has 0 fully saturated rings. The van der Waals surface area contributed by atoms with Crippen LogP contribution < -0.4 is 15.4 Å². The number of fused-ring (bicyclic) bond motifs is 2. The Kier molecular flexibility index (Phi) is 6.12. The van der Waals surface area contributed by atoms with Gasteiger partial charge in [-0.3, -0.25) is 14.9 Å². The maximum Gasteiger partial charge on any atom is 0.321 e. The molecule has 3 heterocycles. The van der Waals surface area contributed by atoms with Gasteiger partial charge in [-0.1, -0.05) is 30.3 Å². The Balaban J connectivity index is 1.39. The molecule has 2 aromatic carbocycles. The molecule has 0 spiro atoms. The maximum atomic E-state index is 13.1. The number of nitrogens with zero attached hydrogens (tertiary/aromatic N) is 3. The Morgan fingerprint density at radius 1 is 1.11 bits per heavy atom. The summed E-state index contributed by atoms with van der Waals surface area (Å²) in [5.74, 6) is 0.482. The number of carbonyl (C=O) groups is 3. The van der Waals surface area contributed by atoms with Crippen molar-refractivity contribution in [1.82, 2.24) is 24.9 Å². The van der Waals surface area contributed by atoms with E-state index >= 15 is 0 Å². The molecule has 9 nitrogen and oxygen atoms in total. The first-order chi connectivity index (χ1) is 17.4. The zero-order valence-corrected chi connectivity index (χ0v) is 19.9. The van der Waals surface area contributed by atoms with Crippen LogP contribution in [0.4, 0.5) is 4.79 Å². The van der Waals surface area contributed by atoms with Crippen LogP contribution in [0, 0.1) is 6.92 Å². The molecule has 1 aliphatic rings. The van der Waals surface area contributed by atoms with Gasteiger partial charge in [0, 0.05) is 31.0 Å². The zero-order valence-electron chi connectivity index (χ0n) is 19.9. The average molecular weight is 484 g/mol. The Labute approximate surface area is 207 Å². The Morgan fingerprint density at radius 2 is 1.89 bits per heavy atom. The molecule has 0 unspecified atom stereocenters. The van der Waals surface area contributed by atoms with Gasteiger partial charge >= 0.3 is 6.03 Å². The van der Waals surface area contributed by atoms with E-state index < -0.39 is 12.1 Å². The minimum absolute atomic E-state index is 0.132. The molecule has 0 saturated carbocycles. The van der Waals surface area contributed by atoms with Crippen molar-refractivity contribution in [3.8, 4) is 16.9 Å². The molecule has 4 aromatic rings. The van der Waals surface area contributed by atoms with E-state index in [1.807, 2.05) is 72.2 Å². The van der Waals surface area contributed by atoms with Crippen LogP contribution >= 0.6 is 0 Å². The summed E-state index contributed by atoms with van der Waals surface area (Å²) >= 11 is 0. The number of nitrogens with one attached hydrogen (secondary N) is 2. The number of carbonyl (C=O) groups excluding carboxylic acids is 3. The highest BCUT2D eigenvalue weighted by atomic mass is 16.5. The lowest BCUT2D eigenvalue weighted by Gasteiger charge is -2.25. The molecule has 2 N–H and O–H groups in total. The van der Waals surface area contributed by atoms with Crippen molar-refractivity contribution in [2.45, 2.75) is 19.5 Å². The summed E-state index contributed by atoms with van der Waals surface area (Å²) in [5, 5.41) is 4.92. The van der Waals surface area contributed by atoms with Gasteiger partial charge in [-0.25, -0.2) is 9.78 Å². The number of pyridine rings is 1. The summed E-state index contributed by atoms with van der Waals surface area (Å²) < 4.78 is 7.24. The number of imidazole rings is 1. The average Bonchev–Trinajstić information content (AvgIpc) is 3.41. The molecule has 5 rings (SSSR count). The second-order valence-electron chi connectivity index (χ2n) is 8.68. The predicted octanol–water partition coefficient (Wildman–Crippen LogP) is 3.47. The van der Waals surface area contributed by atoms with Crippen LogP contribution in [0.25, 0.3) is 16.8 Å². The lowest BCUT2D eigenvalue weighted by atomic mass is 10.0. The summed E-state index contributed by atoms with van der Waals surface area (Å²) in [6.07, 6.45) is 4.32. The first-order valence-electron chi connectivity index (χ1n) is 11.5. The topological polar surface area (TPSA) is 105 Å². The molecule has 0 saturated heterocycles. The van der Waals surface area contributed by atoms with Gasteiger partial charge in [0.15, 0.2) is 0 Å². The minimum Gasteiger partial charge on any atom is -0.497 e. The van der Waals surface area contributed by atoms with E-state index in [1.54, 1.807) is 18.1 Å². The second-order valence-corrected chi connectivity index (χ2v) is 8.68. The number of benzene rings is 2. The van der Waals surface area contributed by atoms with Gasteiger partial charge < -0.3 is 19.4 Å². The molecule has 1 aliphatic heterocycles. The van der Waals surface area contributed by atoms with Crippen molar-refractivity contribution in [2.75, 3.05) is 13.7 Å². The molecular formula is C27H25N5O4. The van der Waals surface area contributed by atoms with E-state index in [0.717, 1.165) is 33.6 Å². The summed E-state index contributed by atoms with van der Waals surface area (Å²) in [4.78, 5) is 42.2. The predicted molar refractivity (Wildman–Crippen MR) is 134 cm³/mol. The quantitative estimate of drug-likeness (QED) is 0.392. The van der Waals surface area contributed by atoms with Crippen LogP contribution in [0.5, 0.6) is 5.75 Å². The third-order valence-corrected chi connectivity index (χ3v) is 6.31. The van der Waals surface area contributed by atoms with Crippen molar-refractivity contribution in [2.24, 2.45) is 0 Å². The number of urea groups is 1. The fraction of sp³-hybridized carbons (Fsp3) is 0.185. The number of aryl methyl sites for hydroxylation is 1. The minimum atomic E-state index is -0.633. The summed E-state index contributed by atoms with van der Waals surface area (Å²) in [7, 11) is 1.56. The largest absolute Gasteiger partial charge is 0.497 e. The molecule has 2 aromatic heterocycles. The highest BCUT2D eigenvalue weighted by Crippen LogP contribution is 2.29. The highest BCUT2D eigenvalue weighted by Gasteiger charge is 2.30. The molecule has 36 heavy (non-hydrogen) atoms. The van der Waals surface area contributed by atoms with Gasteiger partial charge in [-0.15, -0.1) is 0 Å². The molecule has 9 heteroatoms. The number of hydrogen-bond donors (Lipinski definition) is 2. The number of hydrogen-bond acceptors (Lipinski definition) is 5. The molecule has 1 atom stereocenters. The van der Waals surface area contributed by atoms with E-state index in [1.165, 1.54) is 0 Å². The number of aromatic nitrogens is 2. The van der Waals surface area contributed by atoms with E-state index in [-0.39, 0.29) is 12.5 Å². The van der Waals surface area contributed by atoms with Crippen LogP contribution in [-0.4, -0.2) is 46.3 Å². The third kappa shape index (κ3) is 4.50. The van der Waals surface area contributed by atoms with Crippen molar-refractivity contribution < 1.29 is 19.1 Å². The normalized spacial score (nSPS) is 13.4. The van der Waals surface area contributed by atoms with Crippen molar-refractivity contribution in [3.05, 3.63) is 89.4 Å². The molecule has 0 aliphatic carbocycles. The lowest BCUT2D eigenvalue weighted by Crippen LogP contribution is -2.42. The smallest absolute Gasteiger partial charge is 0.321 e. The first-order valence-corrected chi connectivity index (χ1v) is 11.5. The summed E-state index contributed by atoms with van der Waals surface area (Å²) in [6.45, 7) is 2.62. The van der Waals surface area contributed by atoms with Crippen LogP contribution in [0.2, 0.25) is 0 Å². The molecule has 0 bridgehead atoms. The summed E-state index contributed by atoms with van der Waals surface area (Å²) in [6, 6.07) is 16.0. The standard InChI is InChI=1S/C27H25N5O4/c1-17-12-31-13-20(8-10-25(31)29-17)18-3-5-19(6-4-18)24(30-27(35)28-16-33)15-32-14-21-7-9-22(36-2)11-23(21)26(32)34/h3-13,16,24H,14-15H2,1-2H3,(H2,28,30,33,35)/t24-/m0/s1. The number of amides is 4. The Morgan fingerprint density at radius 3 is 2.64 bits per heavy atom.